The molecule has 7 heteroatoms. The molecule has 0 spiro atoms. The summed E-state index contributed by atoms with van der Waals surface area (Å²) in [6.45, 7) is 0.337. The van der Waals surface area contributed by atoms with Crippen molar-refractivity contribution in [3.8, 4) is 11.8 Å². The summed E-state index contributed by atoms with van der Waals surface area (Å²) >= 11 is 3.43. The van der Waals surface area contributed by atoms with Crippen molar-refractivity contribution in [3.05, 3.63) is 75.5 Å². The lowest BCUT2D eigenvalue weighted by Gasteiger charge is -2.08. The molecular weight excluding hydrogens is 406 g/mol. The second-order valence-corrected chi connectivity index (χ2v) is 7.40. The summed E-state index contributed by atoms with van der Waals surface area (Å²) in [7, 11) is 0. The molecule has 0 atom stereocenters. The van der Waals surface area contributed by atoms with Crippen LogP contribution in [0.3, 0.4) is 0 Å². The number of carbonyl (C=O) groups is 1. The Morgan fingerprint density at radius 1 is 1.26 bits per heavy atom. The number of rotatable bonds is 5. The second-order valence-electron chi connectivity index (χ2n) is 6.48. The number of nitrogens with zero attached hydrogens (tertiary/aromatic N) is 4. The third kappa shape index (κ3) is 3.76. The van der Waals surface area contributed by atoms with Crippen LogP contribution in [0, 0.1) is 11.3 Å². The zero-order chi connectivity index (χ0) is 18.8. The highest BCUT2D eigenvalue weighted by Crippen LogP contribution is 2.42. The van der Waals surface area contributed by atoms with E-state index in [-0.39, 0.29) is 5.91 Å². The van der Waals surface area contributed by atoms with E-state index in [2.05, 4.69) is 37.6 Å². The Morgan fingerprint density at radius 2 is 2.04 bits per heavy atom. The molecule has 3 aromatic rings. The van der Waals surface area contributed by atoms with E-state index in [9.17, 15) is 4.79 Å². The smallest absolute Gasteiger partial charge is 0.274 e. The van der Waals surface area contributed by atoms with Gasteiger partial charge in [0.05, 0.1) is 23.0 Å². The van der Waals surface area contributed by atoms with Gasteiger partial charge in [0, 0.05) is 16.9 Å². The Balaban J connectivity index is 1.57. The molecule has 0 saturated heterocycles. The number of carbonyl (C=O) groups excluding carboxylic acids is 1. The maximum absolute atomic E-state index is 12.7. The lowest BCUT2D eigenvalue weighted by molar-refractivity contribution is 0.0944. The van der Waals surface area contributed by atoms with Gasteiger partial charge in [-0.15, -0.1) is 5.10 Å². The molecule has 1 aliphatic carbocycles. The molecule has 2 aromatic carbocycles. The maximum Gasteiger partial charge on any atom is 0.274 e. The Labute approximate surface area is 164 Å². The molecule has 1 aromatic heterocycles. The van der Waals surface area contributed by atoms with E-state index in [1.54, 1.807) is 22.9 Å². The minimum absolute atomic E-state index is 0.248. The van der Waals surface area contributed by atoms with Crippen molar-refractivity contribution in [3.63, 3.8) is 0 Å². The van der Waals surface area contributed by atoms with Crippen LogP contribution in [-0.2, 0) is 6.54 Å². The van der Waals surface area contributed by atoms with Crippen LogP contribution < -0.4 is 5.32 Å². The molecule has 0 bridgehead atoms. The molecule has 0 radical (unpaired) electrons. The van der Waals surface area contributed by atoms with Crippen LogP contribution in [0.2, 0.25) is 0 Å². The van der Waals surface area contributed by atoms with E-state index < -0.39 is 0 Å². The number of hydrogen-bond donors (Lipinski definition) is 1. The molecule has 0 aliphatic heterocycles. The molecule has 1 aliphatic rings. The molecule has 1 N–H and O–H groups in total. The fourth-order valence-electron chi connectivity index (χ4n) is 2.96. The predicted molar refractivity (Wildman–Crippen MR) is 103 cm³/mol. The third-order valence-corrected chi connectivity index (χ3v) is 4.99. The average Bonchev–Trinajstić information content (AvgIpc) is 3.45. The van der Waals surface area contributed by atoms with E-state index in [4.69, 9.17) is 5.26 Å². The van der Waals surface area contributed by atoms with Crippen molar-refractivity contribution in [2.24, 2.45) is 0 Å². The summed E-state index contributed by atoms with van der Waals surface area (Å²) in [6, 6.07) is 17.1. The molecule has 6 nitrogen and oxygen atoms in total. The van der Waals surface area contributed by atoms with E-state index in [0.29, 0.717) is 23.7 Å². The van der Waals surface area contributed by atoms with Crippen LogP contribution in [0.5, 0.6) is 0 Å². The highest BCUT2D eigenvalue weighted by atomic mass is 79.9. The van der Waals surface area contributed by atoms with Gasteiger partial charge in [-0.2, -0.15) is 5.26 Å². The minimum Gasteiger partial charge on any atom is -0.347 e. The van der Waals surface area contributed by atoms with Crippen molar-refractivity contribution in [2.45, 2.75) is 25.3 Å². The molecule has 27 heavy (non-hydrogen) atoms. The fourth-order valence-corrected chi connectivity index (χ4v) is 3.23. The van der Waals surface area contributed by atoms with Gasteiger partial charge in [0.25, 0.3) is 5.91 Å². The summed E-state index contributed by atoms with van der Waals surface area (Å²) in [4.78, 5) is 12.7. The minimum atomic E-state index is -0.248. The third-order valence-electron chi connectivity index (χ3n) is 4.46. The van der Waals surface area contributed by atoms with Crippen LogP contribution in [0.1, 0.15) is 46.1 Å². The van der Waals surface area contributed by atoms with Crippen molar-refractivity contribution in [1.29, 1.82) is 5.26 Å². The number of hydrogen-bond acceptors (Lipinski definition) is 4. The molecule has 1 fully saturated rings. The Bertz CT molecular complexity index is 1030. The van der Waals surface area contributed by atoms with Gasteiger partial charge in [0.15, 0.2) is 5.69 Å². The normalized spacial score (nSPS) is 13.2. The van der Waals surface area contributed by atoms with Gasteiger partial charge in [-0.05, 0) is 54.8 Å². The van der Waals surface area contributed by atoms with Crippen molar-refractivity contribution in [1.82, 2.24) is 20.3 Å². The van der Waals surface area contributed by atoms with Gasteiger partial charge in [0.1, 0.15) is 0 Å². The number of nitrogens with one attached hydrogen (secondary N) is 1. The van der Waals surface area contributed by atoms with Crippen molar-refractivity contribution >= 4 is 21.8 Å². The van der Waals surface area contributed by atoms with Crippen molar-refractivity contribution in [2.75, 3.05) is 0 Å². The van der Waals surface area contributed by atoms with Crippen LogP contribution in [0.25, 0.3) is 5.69 Å². The standard InChI is InChI=1S/C20H16BrN5O/c21-16-6-8-17(9-7-16)26-19(15-4-5-15)18(24-25-26)20(27)23-12-14-3-1-2-13(10-14)11-22/h1-3,6-10,15H,4-5,12H2,(H,23,27). The lowest BCUT2D eigenvalue weighted by atomic mass is 10.1. The van der Waals surface area contributed by atoms with Gasteiger partial charge in [-0.3, -0.25) is 4.79 Å². The van der Waals surface area contributed by atoms with E-state index >= 15 is 0 Å². The van der Waals surface area contributed by atoms with E-state index in [0.717, 1.165) is 34.3 Å². The molecule has 1 amide bonds. The van der Waals surface area contributed by atoms with Gasteiger partial charge < -0.3 is 5.32 Å². The number of benzene rings is 2. The zero-order valence-electron chi connectivity index (χ0n) is 14.4. The second kappa shape index (κ2) is 7.33. The summed E-state index contributed by atoms with van der Waals surface area (Å²) in [6.07, 6.45) is 2.07. The lowest BCUT2D eigenvalue weighted by Crippen LogP contribution is -2.24. The topological polar surface area (TPSA) is 83.6 Å². The SMILES string of the molecule is N#Cc1cccc(CNC(=O)c2nnn(-c3ccc(Br)cc3)c2C2CC2)c1. The Hall–Kier alpha value is -2.98. The van der Waals surface area contributed by atoms with Crippen LogP contribution in [0.15, 0.2) is 53.0 Å². The van der Waals surface area contributed by atoms with E-state index in [1.807, 2.05) is 30.3 Å². The molecule has 134 valence electrons. The summed E-state index contributed by atoms with van der Waals surface area (Å²) < 4.78 is 2.74. The molecule has 4 rings (SSSR count). The van der Waals surface area contributed by atoms with Gasteiger partial charge >= 0.3 is 0 Å². The summed E-state index contributed by atoms with van der Waals surface area (Å²) in [5.74, 6) is 0.0638. The number of nitriles is 1. The van der Waals surface area contributed by atoms with Crippen LogP contribution in [-0.4, -0.2) is 20.9 Å². The summed E-state index contributed by atoms with van der Waals surface area (Å²) in [5.41, 5.74) is 3.56. The van der Waals surface area contributed by atoms with Crippen molar-refractivity contribution < 1.29 is 4.79 Å². The molecule has 1 heterocycles. The van der Waals surface area contributed by atoms with E-state index in [1.165, 1.54) is 0 Å². The summed E-state index contributed by atoms with van der Waals surface area (Å²) in [5, 5.41) is 20.3. The van der Waals surface area contributed by atoms with Gasteiger partial charge in [-0.25, -0.2) is 4.68 Å². The first-order valence-electron chi connectivity index (χ1n) is 8.64. The van der Waals surface area contributed by atoms with Crippen LogP contribution >= 0.6 is 15.9 Å². The first-order chi connectivity index (χ1) is 13.2. The largest absolute Gasteiger partial charge is 0.347 e. The number of amides is 1. The molecule has 1 saturated carbocycles. The molecular formula is C20H16BrN5O. The Kier molecular flexibility index (Phi) is 4.73. The first kappa shape index (κ1) is 17.4. The monoisotopic (exact) mass is 421 g/mol. The van der Waals surface area contributed by atoms with Crippen LogP contribution in [0.4, 0.5) is 0 Å². The highest BCUT2D eigenvalue weighted by Gasteiger charge is 2.34. The fraction of sp³-hybridized carbons (Fsp3) is 0.200. The maximum atomic E-state index is 12.7. The predicted octanol–water partition coefficient (Wildman–Crippen LogP) is 3.71. The average molecular weight is 422 g/mol. The van der Waals surface area contributed by atoms with Gasteiger partial charge in [0.2, 0.25) is 0 Å². The number of halogens is 1. The first-order valence-corrected chi connectivity index (χ1v) is 9.44. The quantitative estimate of drug-likeness (QED) is 0.680. The number of aromatic nitrogens is 3. The molecule has 0 unspecified atom stereocenters. The van der Waals surface area contributed by atoms with Gasteiger partial charge in [-0.1, -0.05) is 33.3 Å². The Morgan fingerprint density at radius 3 is 2.74 bits per heavy atom. The zero-order valence-corrected chi connectivity index (χ0v) is 16.0. The highest BCUT2D eigenvalue weighted by molar-refractivity contribution is 9.10.